The van der Waals surface area contributed by atoms with E-state index in [1.54, 1.807) is 5.41 Å². The first-order valence-electron chi connectivity index (χ1n) is 1.57. The molecule has 0 N–H and O–H groups in total. The number of aliphatic imine (C=N–C) groups is 1. The summed E-state index contributed by atoms with van der Waals surface area (Å²) in [7, 11) is 1.53. The van der Waals surface area contributed by atoms with Crippen molar-refractivity contribution in [1.29, 1.82) is 0 Å². The van der Waals surface area contributed by atoms with Crippen molar-refractivity contribution in [2.24, 2.45) is 4.99 Å². The normalized spacial score (nSPS) is 6.43. The molecule has 0 unspecified atom stereocenters. The highest BCUT2D eigenvalue weighted by Gasteiger charge is 1.56. The summed E-state index contributed by atoms with van der Waals surface area (Å²) in [6.45, 7) is 3.37. The Kier molecular flexibility index (Phi) is 6.51. The quantitative estimate of drug-likeness (QED) is 0.519. The van der Waals surface area contributed by atoms with Crippen molar-refractivity contribution < 1.29 is 0 Å². The summed E-state index contributed by atoms with van der Waals surface area (Å²) in [4.78, 5) is 3.59. The number of halogens is 1. The average molecular weight is 225 g/mol. The third-order valence-electron chi connectivity index (χ3n) is 0.263. The molecule has 7 heavy (non-hydrogen) atoms. The van der Waals surface area contributed by atoms with Gasteiger partial charge in [0, 0.05) is 32.8 Å². The Morgan fingerprint density at radius 3 is 3.00 bits per heavy atom. The summed E-state index contributed by atoms with van der Waals surface area (Å²) < 4.78 is 0. The van der Waals surface area contributed by atoms with Gasteiger partial charge in [0.25, 0.3) is 0 Å². The van der Waals surface area contributed by atoms with Crippen molar-refractivity contribution in [3.8, 4) is 0 Å². The standard InChI is InChI=1S/C4H4INS/c1-2-6-3-4-7-5/h2,4H,1H2. The molecule has 38 valence electrons. The molecule has 0 aliphatic heterocycles. The van der Waals surface area contributed by atoms with Crippen LogP contribution in [0.2, 0.25) is 0 Å². The number of nitrogens with zero attached hydrogens (tertiary/aromatic N) is 1. The molecular formula is C4H4INS. The third-order valence-corrected chi connectivity index (χ3v) is 1.22. The Hall–Kier alpha value is 0.270. The Morgan fingerprint density at radius 2 is 2.57 bits per heavy atom. The van der Waals surface area contributed by atoms with Crippen molar-refractivity contribution in [3.05, 3.63) is 18.2 Å². The van der Waals surface area contributed by atoms with Gasteiger partial charge in [-0.1, -0.05) is 15.5 Å². The molecule has 0 saturated carbocycles. The highest BCUT2D eigenvalue weighted by molar-refractivity contribution is 14.2. The van der Waals surface area contributed by atoms with Crippen LogP contribution < -0.4 is 0 Å². The van der Waals surface area contributed by atoms with Gasteiger partial charge >= 0.3 is 0 Å². The van der Waals surface area contributed by atoms with Crippen LogP contribution in [-0.4, -0.2) is 5.87 Å². The van der Waals surface area contributed by atoms with E-state index in [4.69, 9.17) is 0 Å². The minimum atomic E-state index is 1.45. The molecule has 0 fully saturated rings. The van der Waals surface area contributed by atoms with Gasteiger partial charge in [-0.25, -0.2) is 4.99 Å². The lowest BCUT2D eigenvalue weighted by Gasteiger charge is -1.61. The monoisotopic (exact) mass is 225 g/mol. The Bertz CT molecular complexity index is 104. The molecule has 0 radical (unpaired) electrons. The lowest BCUT2D eigenvalue weighted by molar-refractivity contribution is 1.64. The first-order valence-corrected chi connectivity index (χ1v) is 4.99. The molecule has 0 aromatic heterocycles. The van der Waals surface area contributed by atoms with Gasteiger partial charge < -0.3 is 0 Å². The molecular weight excluding hydrogens is 221 g/mol. The Labute approximate surface area is 59.2 Å². The molecule has 0 amide bonds. The van der Waals surface area contributed by atoms with E-state index in [9.17, 15) is 0 Å². The van der Waals surface area contributed by atoms with Gasteiger partial charge in [-0.05, 0) is 5.87 Å². The predicted octanol–water partition coefficient (Wildman–Crippen LogP) is 2.40. The van der Waals surface area contributed by atoms with E-state index in [-0.39, 0.29) is 0 Å². The Balaban J connectivity index is 3.40. The van der Waals surface area contributed by atoms with Gasteiger partial charge in [0.05, 0.1) is 0 Å². The second kappa shape index (κ2) is 6.27. The van der Waals surface area contributed by atoms with E-state index >= 15 is 0 Å². The average Bonchev–Trinajstić information content (AvgIpc) is 1.69. The van der Waals surface area contributed by atoms with Crippen LogP contribution in [0.5, 0.6) is 0 Å². The largest absolute Gasteiger partial charge is 0.214 e. The molecule has 0 saturated heterocycles. The fraction of sp³-hybridized carbons (Fsp3) is 0. The van der Waals surface area contributed by atoms with E-state index in [0.717, 1.165) is 0 Å². The second-order valence-corrected chi connectivity index (χ2v) is 2.59. The predicted molar refractivity (Wildman–Crippen MR) is 43.8 cm³/mol. The van der Waals surface area contributed by atoms with Gasteiger partial charge in [-0.15, -0.1) is 0 Å². The van der Waals surface area contributed by atoms with Crippen molar-refractivity contribution in [2.45, 2.75) is 0 Å². The highest BCUT2D eigenvalue weighted by Crippen LogP contribution is 2.08. The van der Waals surface area contributed by atoms with E-state index in [1.807, 2.05) is 0 Å². The van der Waals surface area contributed by atoms with E-state index in [1.165, 1.54) is 15.1 Å². The van der Waals surface area contributed by atoms with Crippen molar-refractivity contribution in [3.63, 3.8) is 0 Å². The summed E-state index contributed by atoms with van der Waals surface area (Å²) in [5.41, 5.74) is 0. The molecule has 1 nitrogen and oxygen atoms in total. The van der Waals surface area contributed by atoms with E-state index in [2.05, 4.69) is 38.6 Å². The van der Waals surface area contributed by atoms with Crippen LogP contribution in [0.4, 0.5) is 0 Å². The molecule has 0 aromatic carbocycles. The zero-order chi connectivity index (χ0) is 5.54. The summed E-state index contributed by atoms with van der Waals surface area (Å²) in [5.74, 6) is 2.62. The molecule has 0 spiro atoms. The van der Waals surface area contributed by atoms with Gasteiger partial charge in [0.2, 0.25) is 0 Å². The molecule has 0 heterocycles. The molecule has 0 aliphatic rings. The zero-order valence-corrected chi connectivity index (χ0v) is 6.57. The molecule has 0 aliphatic carbocycles. The summed E-state index contributed by atoms with van der Waals surface area (Å²) >= 11 is 2.13. The van der Waals surface area contributed by atoms with Crippen molar-refractivity contribution in [1.82, 2.24) is 0 Å². The molecule has 0 bridgehead atoms. The van der Waals surface area contributed by atoms with Crippen LogP contribution in [0.3, 0.4) is 0 Å². The van der Waals surface area contributed by atoms with E-state index < -0.39 is 0 Å². The molecule has 0 aromatic rings. The maximum atomic E-state index is 3.59. The van der Waals surface area contributed by atoms with Gasteiger partial charge in [0.1, 0.15) is 0 Å². The van der Waals surface area contributed by atoms with Crippen LogP contribution in [0.15, 0.2) is 23.2 Å². The first-order chi connectivity index (χ1) is 3.41. The smallest absolute Gasteiger partial charge is 0.0431 e. The SMILES string of the molecule is C=CN=C=CSI. The van der Waals surface area contributed by atoms with Crippen molar-refractivity contribution >= 4 is 36.0 Å². The Morgan fingerprint density at radius 1 is 1.86 bits per heavy atom. The van der Waals surface area contributed by atoms with Gasteiger partial charge in [0.15, 0.2) is 0 Å². The number of hydrogen-bond acceptors (Lipinski definition) is 2. The third kappa shape index (κ3) is 6.27. The minimum Gasteiger partial charge on any atom is -0.214 e. The summed E-state index contributed by atoms with van der Waals surface area (Å²) in [5, 5.41) is 1.75. The molecule has 3 heteroatoms. The van der Waals surface area contributed by atoms with E-state index in [0.29, 0.717) is 0 Å². The van der Waals surface area contributed by atoms with Crippen LogP contribution in [0.25, 0.3) is 0 Å². The molecule has 0 rings (SSSR count). The maximum absolute atomic E-state index is 3.59. The number of rotatable bonds is 2. The van der Waals surface area contributed by atoms with Gasteiger partial charge in [-0.2, -0.15) is 0 Å². The molecule has 0 atom stereocenters. The summed E-state index contributed by atoms with van der Waals surface area (Å²) in [6, 6.07) is 0. The first kappa shape index (κ1) is 7.27. The number of hydrogen-bond donors (Lipinski definition) is 0. The van der Waals surface area contributed by atoms with Crippen LogP contribution in [0, 0.1) is 0 Å². The van der Waals surface area contributed by atoms with Gasteiger partial charge in [-0.3, -0.25) is 0 Å². The summed E-state index contributed by atoms with van der Waals surface area (Å²) in [6.07, 6.45) is 1.45. The second-order valence-electron chi connectivity index (χ2n) is 0.648. The topological polar surface area (TPSA) is 12.4 Å². The minimum absolute atomic E-state index is 1.45. The lowest BCUT2D eigenvalue weighted by Crippen LogP contribution is -1.42. The van der Waals surface area contributed by atoms with Crippen LogP contribution >= 0.6 is 30.1 Å². The lowest BCUT2D eigenvalue weighted by atomic mass is 11.0. The highest BCUT2D eigenvalue weighted by atomic mass is 127. The fourth-order valence-electron chi connectivity index (χ4n) is 0.103. The maximum Gasteiger partial charge on any atom is 0.0431 e. The fourth-order valence-corrected chi connectivity index (χ4v) is 0.545. The van der Waals surface area contributed by atoms with Crippen LogP contribution in [0.1, 0.15) is 0 Å². The van der Waals surface area contributed by atoms with Crippen LogP contribution in [-0.2, 0) is 0 Å². The van der Waals surface area contributed by atoms with Crippen molar-refractivity contribution in [2.75, 3.05) is 0 Å². The zero-order valence-electron chi connectivity index (χ0n) is 3.60.